The molecule has 1 fully saturated rings. The molecule has 2 N–H and O–H groups in total. The second-order valence-corrected chi connectivity index (χ2v) is 10.2. The summed E-state index contributed by atoms with van der Waals surface area (Å²) in [6, 6.07) is 26.8. The number of hydrogen-bond acceptors (Lipinski definition) is 3. The fourth-order valence-electron chi connectivity index (χ4n) is 5.75. The van der Waals surface area contributed by atoms with E-state index in [0.29, 0.717) is 5.92 Å². The molecule has 5 heteroatoms. The Kier molecular flexibility index (Phi) is 6.33. The molecule has 1 aliphatic heterocycles. The molecule has 2 amide bonds. The van der Waals surface area contributed by atoms with E-state index in [1.807, 2.05) is 23.1 Å². The molecule has 0 spiro atoms. The number of nitrogens with zero attached hydrogens (tertiary/aromatic N) is 2. The molecule has 3 aromatic carbocycles. The number of carbonyl (C=O) groups excluding carboxylic acids is 2. The van der Waals surface area contributed by atoms with Crippen LogP contribution in [0.15, 0.2) is 78.9 Å². The van der Waals surface area contributed by atoms with Gasteiger partial charge >= 0.3 is 0 Å². The van der Waals surface area contributed by atoms with E-state index in [4.69, 9.17) is 5.73 Å². The highest BCUT2D eigenvalue weighted by Crippen LogP contribution is 2.43. The van der Waals surface area contributed by atoms with E-state index in [1.165, 1.54) is 11.1 Å². The first kappa shape index (κ1) is 23.2. The summed E-state index contributed by atoms with van der Waals surface area (Å²) in [6.45, 7) is 5.31. The van der Waals surface area contributed by atoms with Crippen molar-refractivity contribution < 1.29 is 9.59 Å². The molecule has 1 heterocycles. The summed E-state index contributed by atoms with van der Waals surface area (Å²) in [6.07, 6.45) is 1.81. The molecule has 180 valence electrons. The van der Waals surface area contributed by atoms with Gasteiger partial charge in [0, 0.05) is 30.4 Å². The van der Waals surface area contributed by atoms with Crippen molar-refractivity contribution in [3.63, 3.8) is 0 Å². The van der Waals surface area contributed by atoms with Crippen molar-refractivity contribution in [1.82, 2.24) is 4.90 Å². The van der Waals surface area contributed by atoms with Gasteiger partial charge in [-0.1, -0.05) is 68.4 Å². The summed E-state index contributed by atoms with van der Waals surface area (Å²) in [7, 11) is 0. The van der Waals surface area contributed by atoms with E-state index < -0.39 is 11.8 Å². The molecule has 1 aliphatic carbocycles. The number of nitrogens with two attached hydrogens (primary N) is 1. The molecule has 2 atom stereocenters. The minimum Gasteiger partial charge on any atom is -0.369 e. The maximum absolute atomic E-state index is 13.2. The summed E-state index contributed by atoms with van der Waals surface area (Å²) in [5.74, 6) is -0.415. The number of hydrogen-bond donors (Lipinski definition) is 1. The van der Waals surface area contributed by atoms with Gasteiger partial charge in [-0.05, 0) is 59.7 Å². The molecule has 5 nitrogen and oxygen atoms in total. The van der Waals surface area contributed by atoms with E-state index in [-0.39, 0.29) is 24.4 Å². The third-order valence-corrected chi connectivity index (χ3v) is 7.31. The highest BCUT2D eigenvalue weighted by molar-refractivity contribution is 5.90. The Labute approximate surface area is 207 Å². The highest BCUT2D eigenvalue weighted by Gasteiger charge is 2.47. The van der Waals surface area contributed by atoms with E-state index in [0.717, 1.165) is 36.3 Å². The molecule has 2 aliphatic rings. The maximum Gasteiger partial charge on any atom is 0.224 e. The molecule has 3 aromatic rings. The van der Waals surface area contributed by atoms with E-state index in [9.17, 15) is 9.59 Å². The van der Waals surface area contributed by atoms with Crippen molar-refractivity contribution in [2.45, 2.75) is 45.2 Å². The Morgan fingerprint density at radius 3 is 2.03 bits per heavy atom. The van der Waals surface area contributed by atoms with E-state index in [2.05, 4.69) is 79.4 Å². The zero-order valence-electron chi connectivity index (χ0n) is 20.4. The van der Waals surface area contributed by atoms with Crippen LogP contribution in [0.1, 0.15) is 43.0 Å². The average molecular weight is 468 g/mol. The van der Waals surface area contributed by atoms with Crippen LogP contribution in [0.4, 0.5) is 11.4 Å². The van der Waals surface area contributed by atoms with Crippen molar-refractivity contribution >= 4 is 23.2 Å². The lowest BCUT2D eigenvalue weighted by Crippen LogP contribution is -2.40. The predicted octanol–water partition coefficient (Wildman–Crippen LogP) is 5.02. The van der Waals surface area contributed by atoms with Crippen LogP contribution in [0.2, 0.25) is 0 Å². The summed E-state index contributed by atoms with van der Waals surface area (Å²) < 4.78 is 0. The van der Waals surface area contributed by atoms with Crippen LogP contribution in [0.3, 0.4) is 0 Å². The molecule has 1 saturated heterocycles. The molecule has 5 rings (SSSR count). The fourth-order valence-corrected chi connectivity index (χ4v) is 5.75. The minimum atomic E-state index is -0.516. The monoisotopic (exact) mass is 467 g/mol. The average Bonchev–Trinajstić information content (AvgIpc) is 3.44. The zero-order valence-corrected chi connectivity index (χ0v) is 20.4. The normalized spacial score (nSPS) is 19.9. The summed E-state index contributed by atoms with van der Waals surface area (Å²) in [4.78, 5) is 29.9. The summed E-state index contributed by atoms with van der Waals surface area (Å²) in [5.41, 5.74) is 11.6. The lowest BCUT2D eigenvalue weighted by Gasteiger charge is -2.33. The molecular formula is C30H33N3O2. The SMILES string of the molecule is CC(C)CN(c1ccccc1)c1ccc(C2C(C(N)=O)CC(=O)N2C2Cc3ccccc3C2)cc1. The van der Waals surface area contributed by atoms with Gasteiger partial charge in [-0.25, -0.2) is 0 Å². The van der Waals surface area contributed by atoms with Crippen LogP contribution in [0.5, 0.6) is 0 Å². The summed E-state index contributed by atoms with van der Waals surface area (Å²) in [5, 5.41) is 0. The van der Waals surface area contributed by atoms with Crippen LogP contribution in [0, 0.1) is 11.8 Å². The van der Waals surface area contributed by atoms with Crippen LogP contribution < -0.4 is 10.6 Å². The van der Waals surface area contributed by atoms with Crippen molar-refractivity contribution in [1.29, 1.82) is 0 Å². The number of anilines is 2. The maximum atomic E-state index is 13.2. The van der Waals surface area contributed by atoms with Crippen molar-refractivity contribution in [3.8, 4) is 0 Å². The number of carbonyl (C=O) groups is 2. The smallest absolute Gasteiger partial charge is 0.224 e. The van der Waals surface area contributed by atoms with Gasteiger partial charge < -0.3 is 15.5 Å². The third-order valence-electron chi connectivity index (χ3n) is 7.31. The Bertz CT molecular complexity index is 1180. The van der Waals surface area contributed by atoms with Gasteiger partial charge in [-0.2, -0.15) is 0 Å². The van der Waals surface area contributed by atoms with E-state index >= 15 is 0 Å². The molecule has 0 bridgehead atoms. The molecule has 0 aromatic heterocycles. The largest absolute Gasteiger partial charge is 0.369 e. The quantitative estimate of drug-likeness (QED) is 0.530. The molecular weight excluding hydrogens is 434 g/mol. The second kappa shape index (κ2) is 9.57. The van der Waals surface area contributed by atoms with Gasteiger partial charge in [0.25, 0.3) is 0 Å². The Morgan fingerprint density at radius 2 is 1.46 bits per heavy atom. The number of primary amides is 1. The predicted molar refractivity (Wildman–Crippen MR) is 139 cm³/mol. The standard InChI is InChI=1S/C30H33N3O2/c1-20(2)19-32(24-10-4-3-5-11-24)25-14-12-21(13-15-25)29-27(30(31)35)18-28(34)33(29)26-16-22-8-6-7-9-23(22)17-26/h3-15,20,26-27,29H,16-19H2,1-2H3,(H2,31,35). The van der Waals surface area contributed by atoms with Gasteiger partial charge in [0.1, 0.15) is 0 Å². The molecule has 2 unspecified atom stereocenters. The number of para-hydroxylation sites is 1. The van der Waals surface area contributed by atoms with Gasteiger partial charge in [-0.3, -0.25) is 9.59 Å². The van der Waals surface area contributed by atoms with Crippen LogP contribution >= 0.6 is 0 Å². The first-order chi connectivity index (χ1) is 16.9. The number of amides is 2. The first-order valence-corrected chi connectivity index (χ1v) is 12.5. The molecule has 35 heavy (non-hydrogen) atoms. The van der Waals surface area contributed by atoms with Crippen molar-refractivity contribution in [2.75, 3.05) is 11.4 Å². The lowest BCUT2D eigenvalue weighted by atomic mass is 9.92. The minimum absolute atomic E-state index is 0.0198. The summed E-state index contributed by atoms with van der Waals surface area (Å²) >= 11 is 0. The van der Waals surface area contributed by atoms with E-state index in [1.54, 1.807) is 0 Å². The highest BCUT2D eigenvalue weighted by atomic mass is 16.2. The zero-order chi connectivity index (χ0) is 24.5. The Morgan fingerprint density at radius 1 is 0.886 bits per heavy atom. The number of likely N-dealkylation sites (tertiary alicyclic amines) is 1. The third kappa shape index (κ3) is 4.55. The van der Waals surface area contributed by atoms with Gasteiger partial charge in [0.2, 0.25) is 11.8 Å². The molecule has 0 saturated carbocycles. The van der Waals surface area contributed by atoms with Crippen LogP contribution in [-0.2, 0) is 22.4 Å². The fraction of sp³-hybridized carbons (Fsp3) is 0.333. The Hall–Kier alpha value is -3.60. The lowest BCUT2D eigenvalue weighted by molar-refractivity contribution is -0.131. The second-order valence-electron chi connectivity index (χ2n) is 10.2. The van der Waals surface area contributed by atoms with Crippen molar-refractivity contribution in [2.24, 2.45) is 17.6 Å². The number of rotatable bonds is 7. The Balaban J connectivity index is 1.46. The first-order valence-electron chi connectivity index (χ1n) is 12.5. The number of benzene rings is 3. The van der Waals surface area contributed by atoms with Crippen molar-refractivity contribution in [3.05, 3.63) is 95.6 Å². The molecule has 0 radical (unpaired) electrons. The van der Waals surface area contributed by atoms with Crippen LogP contribution in [0.25, 0.3) is 0 Å². The van der Waals surface area contributed by atoms with Gasteiger partial charge in [0.05, 0.1) is 12.0 Å². The van der Waals surface area contributed by atoms with Gasteiger partial charge in [-0.15, -0.1) is 0 Å². The topological polar surface area (TPSA) is 66.6 Å². The number of fused-ring (bicyclic) bond motifs is 1. The van der Waals surface area contributed by atoms with Gasteiger partial charge in [0.15, 0.2) is 0 Å². The van der Waals surface area contributed by atoms with Crippen LogP contribution in [-0.4, -0.2) is 29.3 Å².